The van der Waals surface area contributed by atoms with Crippen molar-refractivity contribution in [3.8, 4) is 23.0 Å². The van der Waals surface area contributed by atoms with Crippen molar-refractivity contribution in [2.24, 2.45) is 5.92 Å². The summed E-state index contributed by atoms with van der Waals surface area (Å²) in [5, 5.41) is 40.5. The molecule has 50 heavy (non-hydrogen) atoms. The number of imidazole rings is 1. The monoisotopic (exact) mass is 698 g/mol. The summed E-state index contributed by atoms with van der Waals surface area (Å²) in [7, 11) is 0. The lowest BCUT2D eigenvalue weighted by molar-refractivity contribution is -0.146. The first kappa shape index (κ1) is 39.9. The van der Waals surface area contributed by atoms with E-state index in [2.05, 4.69) is 51.5 Å². The van der Waals surface area contributed by atoms with Crippen LogP contribution in [0.5, 0.6) is 0 Å². The van der Waals surface area contributed by atoms with E-state index < -0.39 is 12.5 Å². The molecule has 276 valence electrons. The number of Topliss-reactive ketones (excluding diaryl/α,β-unsaturated/α-hetero) is 1. The molecule has 0 aliphatic heterocycles. The van der Waals surface area contributed by atoms with Crippen LogP contribution in [-0.2, 0) is 25.7 Å². The summed E-state index contributed by atoms with van der Waals surface area (Å²) < 4.78 is 2.01. The first-order valence-electron chi connectivity index (χ1n) is 18.1. The van der Waals surface area contributed by atoms with Crippen molar-refractivity contribution in [3.63, 3.8) is 0 Å². The third-order valence-electron chi connectivity index (χ3n) is 8.84. The molecule has 0 radical (unpaired) electrons. The van der Waals surface area contributed by atoms with Gasteiger partial charge in [0, 0.05) is 25.4 Å². The molecule has 0 saturated carbocycles. The molecule has 0 unspecified atom stereocenters. The number of hydrogen-bond acceptors (Lipinski definition) is 11. The Balaban J connectivity index is 1.16. The molecule has 17 heteroatoms. The van der Waals surface area contributed by atoms with Crippen molar-refractivity contribution < 1.29 is 24.3 Å². The summed E-state index contributed by atoms with van der Waals surface area (Å²) in [5.74, 6) is -0.811. The first-order valence-corrected chi connectivity index (χ1v) is 18.1. The SMILES string of the molecule is CC(=O)[C@@H](C)CCCCNC(=O)CN(CC(=O)O)C(=O)CCCCCCCCCCCCCCCn1cnc(-c2nn[nH]n2)c1-c1nn[nH]n1. The van der Waals surface area contributed by atoms with Crippen LogP contribution in [0, 0.1) is 5.92 Å². The molecule has 1 atom stereocenters. The van der Waals surface area contributed by atoms with Gasteiger partial charge in [0.2, 0.25) is 23.5 Å². The minimum Gasteiger partial charge on any atom is -0.480 e. The number of unbranched alkanes of at least 4 members (excludes halogenated alkanes) is 13. The normalized spacial score (nSPS) is 11.8. The first-order chi connectivity index (χ1) is 24.3. The molecule has 4 N–H and O–H groups in total. The molecule has 3 aromatic heterocycles. The molecular weight excluding hydrogens is 644 g/mol. The van der Waals surface area contributed by atoms with Crippen LogP contribution < -0.4 is 5.32 Å². The fraction of sp³-hybridized carbons (Fsp3) is 0.727. The number of H-pyrrole nitrogens is 2. The molecule has 0 fully saturated rings. The lowest BCUT2D eigenvalue weighted by atomic mass is 10.0. The highest BCUT2D eigenvalue weighted by atomic mass is 16.4. The van der Waals surface area contributed by atoms with Crippen molar-refractivity contribution in [3.05, 3.63) is 6.33 Å². The van der Waals surface area contributed by atoms with E-state index in [4.69, 9.17) is 0 Å². The Morgan fingerprint density at radius 3 is 1.94 bits per heavy atom. The zero-order valence-corrected chi connectivity index (χ0v) is 29.6. The molecule has 0 aliphatic carbocycles. The van der Waals surface area contributed by atoms with Crippen LogP contribution >= 0.6 is 0 Å². The Hall–Kier alpha value is -4.57. The van der Waals surface area contributed by atoms with Crippen LogP contribution in [0.15, 0.2) is 6.33 Å². The molecular formula is C33H54N12O5. The van der Waals surface area contributed by atoms with E-state index in [1.165, 1.54) is 44.9 Å². The van der Waals surface area contributed by atoms with Crippen molar-refractivity contribution in [2.45, 2.75) is 130 Å². The minimum absolute atomic E-state index is 0.00861. The lowest BCUT2D eigenvalue weighted by Crippen LogP contribution is -2.43. The van der Waals surface area contributed by atoms with Gasteiger partial charge < -0.3 is 19.9 Å². The number of aromatic amines is 2. The Morgan fingerprint density at radius 2 is 1.38 bits per heavy atom. The highest BCUT2D eigenvalue weighted by molar-refractivity contribution is 5.87. The van der Waals surface area contributed by atoms with Gasteiger partial charge in [-0.1, -0.05) is 84.0 Å². The van der Waals surface area contributed by atoms with Crippen LogP contribution in [0.2, 0.25) is 0 Å². The van der Waals surface area contributed by atoms with Crippen molar-refractivity contribution in [2.75, 3.05) is 19.6 Å². The van der Waals surface area contributed by atoms with Gasteiger partial charge in [0.05, 0.1) is 6.33 Å². The number of rotatable bonds is 28. The second kappa shape index (κ2) is 22.9. The number of nitrogens with one attached hydrogen (secondary N) is 3. The summed E-state index contributed by atoms with van der Waals surface area (Å²) in [6.07, 6.45) is 18.6. The highest BCUT2D eigenvalue weighted by Crippen LogP contribution is 2.26. The number of ketones is 1. The average molecular weight is 699 g/mol. The average Bonchev–Trinajstić information content (AvgIpc) is 3.88. The standard InChI is InChI=1S/C33H54N12O5/c1-25(26(2)46)18-15-16-20-34-27(47)22-45(23-29(49)50)28(48)19-14-12-10-8-6-4-3-5-7-9-11-13-17-21-44-24-35-30(32-36-40-41-37-32)31(44)33-38-42-43-39-33/h24-25H,3-23H2,1-2H3,(H,34,47)(H,49,50)(H,36,37,40,41)(H,38,39,42,43)/t25-/m0/s1. The van der Waals surface area contributed by atoms with Crippen molar-refractivity contribution in [1.82, 2.24) is 61.0 Å². The van der Waals surface area contributed by atoms with E-state index >= 15 is 0 Å². The number of amides is 2. The van der Waals surface area contributed by atoms with Crippen LogP contribution in [0.1, 0.15) is 123 Å². The summed E-state index contributed by atoms with van der Waals surface area (Å²) in [6.45, 7) is 3.94. The van der Waals surface area contributed by atoms with E-state index in [0.29, 0.717) is 36.0 Å². The van der Waals surface area contributed by atoms with Gasteiger partial charge in [0.15, 0.2) is 0 Å². The van der Waals surface area contributed by atoms with Crippen LogP contribution in [-0.4, -0.2) is 104 Å². The largest absolute Gasteiger partial charge is 0.480 e. The lowest BCUT2D eigenvalue weighted by Gasteiger charge is -2.20. The summed E-state index contributed by atoms with van der Waals surface area (Å²) >= 11 is 0. The number of aryl methyl sites for hydroxylation is 1. The predicted molar refractivity (Wildman–Crippen MR) is 184 cm³/mol. The van der Waals surface area contributed by atoms with Gasteiger partial charge in [0.1, 0.15) is 30.3 Å². The number of nitrogens with zero attached hydrogens (tertiary/aromatic N) is 9. The van der Waals surface area contributed by atoms with E-state index in [0.717, 1.165) is 62.8 Å². The number of carbonyl (C=O) groups excluding carboxylic acids is 3. The number of aromatic nitrogens is 10. The molecule has 3 heterocycles. The van der Waals surface area contributed by atoms with Gasteiger partial charge in [-0.25, -0.2) is 4.98 Å². The van der Waals surface area contributed by atoms with E-state index in [1.807, 2.05) is 11.5 Å². The molecule has 0 saturated heterocycles. The maximum Gasteiger partial charge on any atom is 0.323 e. The Kier molecular flexibility index (Phi) is 18.3. The van der Waals surface area contributed by atoms with E-state index in [-0.39, 0.29) is 36.5 Å². The predicted octanol–water partition coefficient (Wildman–Crippen LogP) is 4.13. The second-order valence-electron chi connectivity index (χ2n) is 13.0. The number of carboxylic acids is 1. The van der Waals surface area contributed by atoms with Crippen LogP contribution in [0.4, 0.5) is 0 Å². The Labute approximate surface area is 293 Å². The van der Waals surface area contributed by atoms with Crippen LogP contribution in [0.3, 0.4) is 0 Å². The van der Waals surface area contributed by atoms with E-state index in [1.54, 1.807) is 13.3 Å². The zero-order valence-electron chi connectivity index (χ0n) is 29.6. The maximum atomic E-state index is 12.6. The van der Waals surface area contributed by atoms with Crippen molar-refractivity contribution >= 4 is 23.6 Å². The van der Waals surface area contributed by atoms with Gasteiger partial charge in [0.25, 0.3) is 0 Å². The molecule has 2 amide bonds. The van der Waals surface area contributed by atoms with Gasteiger partial charge in [-0.15, -0.1) is 20.4 Å². The number of hydrogen-bond donors (Lipinski definition) is 4. The van der Waals surface area contributed by atoms with Gasteiger partial charge in [-0.2, -0.15) is 10.4 Å². The molecule has 17 nitrogen and oxygen atoms in total. The number of aliphatic carboxylic acids is 1. The fourth-order valence-corrected chi connectivity index (χ4v) is 5.77. The Bertz CT molecular complexity index is 1410. The van der Waals surface area contributed by atoms with Crippen LogP contribution in [0.25, 0.3) is 23.0 Å². The number of carbonyl (C=O) groups is 4. The maximum absolute atomic E-state index is 12.6. The second-order valence-corrected chi connectivity index (χ2v) is 13.0. The molecule has 0 aliphatic rings. The van der Waals surface area contributed by atoms with Crippen molar-refractivity contribution in [1.29, 1.82) is 0 Å². The fourth-order valence-electron chi connectivity index (χ4n) is 5.77. The zero-order chi connectivity index (χ0) is 36.0. The highest BCUT2D eigenvalue weighted by Gasteiger charge is 2.22. The summed E-state index contributed by atoms with van der Waals surface area (Å²) in [5.41, 5.74) is 1.28. The molecule has 0 spiro atoms. The van der Waals surface area contributed by atoms with Gasteiger partial charge >= 0.3 is 5.97 Å². The molecule has 0 bridgehead atoms. The van der Waals surface area contributed by atoms with Gasteiger partial charge in [-0.3, -0.25) is 19.2 Å². The van der Waals surface area contributed by atoms with E-state index in [9.17, 15) is 24.3 Å². The smallest absolute Gasteiger partial charge is 0.323 e. The minimum atomic E-state index is -1.14. The summed E-state index contributed by atoms with van der Waals surface area (Å²) in [6, 6.07) is 0. The number of tetrazole rings is 2. The third kappa shape index (κ3) is 14.9. The molecule has 3 aromatic rings. The molecule has 3 rings (SSSR count). The Morgan fingerprint density at radius 1 is 0.800 bits per heavy atom. The number of carboxylic acid groups (broad SMARTS) is 1. The topological polar surface area (TPSA) is 231 Å². The van der Waals surface area contributed by atoms with Gasteiger partial charge in [-0.05, 0) is 43.0 Å². The molecule has 0 aromatic carbocycles. The summed E-state index contributed by atoms with van der Waals surface area (Å²) in [4.78, 5) is 53.1. The quantitative estimate of drug-likeness (QED) is 0.0785. The third-order valence-corrected chi connectivity index (χ3v) is 8.84.